The highest BCUT2D eigenvalue weighted by molar-refractivity contribution is 5.91. The first-order chi connectivity index (χ1) is 12.1. The van der Waals surface area contributed by atoms with Gasteiger partial charge in [-0.3, -0.25) is 9.59 Å². The molecule has 0 aromatic rings. The van der Waals surface area contributed by atoms with Crippen LogP contribution >= 0.6 is 0 Å². The Labute approximate surface area is 152 Å². The number of ether oxygens (including phenoxy) is 3. The fourth-order valence-corrected chi connectivity index (χ4v) is 5.44. The molecule has 144 valence electrons. The van der Waals surface area contributed by atoms with E-state index in [2.05, 4.69) is 6.58 Å². The number of rotatable bonds is 2. The minimum absolute atomic E-state index is 0.0201. The summed E-state index contributed by atoms with van der Waals surface area (Å²) in [6.45, 7) is 10.3. The van der Waals surface area contributed by atoms with Gasteiger partial charge in [-0.25, -0.2) is 4.79 Å². The highest BCUT2D eigenvalue weighted by atomic mass is 16.6. The molecule has 0 aromatic heterocycles. The first-order valence-corrected chi connectivity index (χ1v) is 8.99. The zero-order chi connectivity index (χ0) is 19.4. The van der Waals surface area contributed by atoms with Crippen molar-refractivity contribution in [2.75, 3.05) is 0 Å². The van der Waals surface area contributed by atoms with E-state index in [0.717, 1.165) is 0 Å². The van der Waals surface area contributed by atoms with Crippen molar-refractivity contribution in [3.8, 4) is 0 Å². The molecule has 1 aliphatic heterocycles. The number of hydrogen-bond acceptors (Lipinski definition) is 7. The average Bonchev–Trinajstić information content (AvgIpc) is 2.88. The van der Waals surface area contributed by atoms with E-state index in [9.17, 15) is 19.5 Å². The van der Waals surface area contributed by atoms with Gasteiger partial charge in [-0.2, -0.15) is 0 Å². The van der Waals surface area contributed by atoms with Gasteiger partial charge < -0.3 is 19.3 Å². The SMILES string of the molecule is C=C1C(=O)O[C@H]2CC(C)[C@@H]3C(OC(C)=O)CC(O)[C@@]3(C)C(OC(C)=O)[C@H]12. The number of esters is 3. The van der Waals surface area contributed by atoms with Gasteiger partial charge in [0.05, 0.1) is 12.0 Å². The van der Waals surface area contributed by atoms with Crippen LogP contribution < -0.4 is 0 Å². The number of hydrogen-bond donors (Lipinski definition) is 1. The van der Waals surface area contributed by atoms with Crippen LogP contribution in [0, 0.1) is 23.2 Å². The van der Waals surface area contributed by atoms with Crippen LogP contribution in [-0.4, -0.2) is 47.4 Å². The lowest BCUT2D eigenvalue weighted by Crippen LogP contribution is -2.51. The van der Waals surface area contributed by atoms with Crippen molar-refractivity contribution in [2.24, 2.45) is 23.2 Å². The summed E-state index contributed by atoms with van der Waals surface area (Å²) in [7, 11) is 0. The first-order valence-electron chi connectivity index (χ1n) is 8.99. The Morgan fingerprint density at radius 3 is 2.42 bits per heavy atom. The number of carbonyl (C=O) groups excluding carboxylic acids is 3. The highest BCUT2D eigenvalue weighted by Crippen LogP contribution is 2.58. The Balaban J connectivity index is 2.10. The average molecular weight is 366 g/mol. The van der Waals surface area contributed by atoms with Crippen molar-refractivity contribution in [3.05, 3.63) is 12.2 Å². The summed E-state index contributed by atoms with van der Waals surface area (Å²) in [5.74, 6) is -2.18. The third-order valence-electron chi connectivity index (χ3n) is 6.38. The topological polar surface area (TPSA) is 99.1 Å². The Kier molecular flexibility index (Phi) is 4.63. The number of aliphatic hydroxyl groups excluding tert-OH is 1. The Morgan fingerprint density at radius 1 is 1.23 bits per heavy atom. The molecule has 0 radical (unpaired) electrons. The normalized spacial score (nSPS) is 44.6. The molecule has 0 spiro atoms. The molecular formula is C19H26O7. The lowest BCUT2D eigenvalue weighted by atomic mass is 9.66. The van der Waals surface area contributed by atoms with Crippen LogP contribution in [0.4, 0.5) is 0 Å². The van der Waals surface area contributed by atoms with Gasteiger partial charge in [0, 0.05) is 37.2 Å². The smallest absolute Gasteiger partial charge is 0.334 e. The zero-order valence-electron chi connectivity index (χ0n) is 15.6. The van der Waals surface area contributed by atoms with Gasteiger partial charge in [-0.15, -0.1) is 0 Å². The van der Waals surface area contributed by atoms with Crippen LogP contribution in [0.3, 0.4) is 0 Å². The summed E-state index contributed by atoms with van der Waals surface area (Å²) >= 11 is 0. The first kappa shape index (κ1) is 18.9. The van der Waals surface area contributed by atoms with Crippen LogP contribution in [0.15, 0.2) is 12.2 Å². The molecule has 2 aliphatic carbocycles. The maximum atomic E-state index is 12.1. The van der Waals surface area contributed by atoms with Crippen LogP contribution in [0.25, 0.3) is 0 Å². The molecular weight excluding hydrogens is 340 g/mol. The quantitative estimate of drug-likeness (QED) is 0.448. The Hall–Kier alpha value is -1.89. The van der Waals surface area contributed by atoms with Gasteiger partial charge >= 0.3 is 17.9 Å². The van der Waals surface area contributed by atoms with Gasteiger partial charge in [0.15, 0.2) is 0 Å². The van der Waals surface area contributed by atoms with Crippen molar-refractivity contribution >= 4 is 17.9 Å². The fourth-order valence-electron chi connectivity index (χ4n) is 5.44. The molecule has 3 fully saturated rings. The standard InChI is InChI=1S/C19H26O7/c1-8-6-12-15(9(2)18(23)26-12)17(25-11(4)21)19(5)14(22)7-13(16(8)19)24-10(3)20/h8,12-17,22H,2,6-7H2,1,3-5H3/t8?,12-,13?,14?,15+,16+,17?,19+/m0/s1. The van der Waals surface area contributed by atoms with E-state index < -0.39 is 53.7 Å². The molecule has 7 heteroatoms. The van der Waals surface area contributed by atoms with Crippen molar-refractivity contribution in [2.45, 2.75) is 65.0 Å². The molecule has 1 N–H and O–H groups in total. The van der Waals surface area contributed by atoms with E-state index in [0.29, 0.717) is 6.42 Å². The second kappa shape index (κ2) is 6.37. The van der Waals surface area contributed by atoms with Crippen molar-refractivity contribution in [3.63, 3.8) is 0 Å². The van der Waals surface area contributed by atoms with Gasteiger partial charge in [-0.1, -0.05) is 20.4 Å². The summed E-state index contributed by atoms with van der Waals surface area (Å²) in [6, 6.07) is 0. The predicted molar refractivity (Wildman–Crippen MR) is 89.6 cm³/mol. The van der Waals surface area contributed by atoms with Crippen LogP contribution in [0.1, 0.15) is 40.5 Å². The van der Waals surface area contributed by atoms with Crippen molar-refractivity contribution < 1.29 is 33.7 Å². The molecule has 0 aromatic carbocycles. The molecule has 4 unspecified atom stereocenters. The van der Waals surface area contributed by atoms with Gasteiger partial charge in [0.1, 0.15) is 18.3 Å². The molecule has 0 amide bonds. The molecule has 7 nitrogen and oxygen atoms in total. The largest absolute Gasteiger partial charge is 0.462 e. The molecule has 1 saturated heterocycles. The molecule has 3 aliphatic rings. The maximum absolute atomic E-state index is 12.1. The van der Waals surface area contributed by atoms with E-state index >= 15 is 0 Å². The van der Waals surface area contributed by atoms with Gasteiger partial charge in [0.25, 0.3) is 0 Å². The zero-order valence-corrected chi connectivity index (χ0v) is 15.6. The minimum atomic E-state index is -0.887. The van der Waals surface area contributed by atoms with E-state index in [-0.39, 0.29) is 23.8 Å². The molecule has 26 heavy (non-hydrogen) atoms. The number of fused-ring (bicyclic) bond motifs is 2. The fraction of sp³-hybridized carbons (Fsp3) is 0.737. The third kappa shape index (κ3) is 2.73. The lowest BCUT2D eigenvalue weighted by Gasteiger charge is -2.43. The van der Waals surface area contributed by atoms with Gasteiger partial charge in [-0.05, 0) is 12.3 Å². The Bertz CT molecular complexity index is 656. The van der Waals surface area contributed by atoms with E-state index in [1.807, 2.05) is 13.8 Å². The van der Waals surface area contributed by atoms with E-state index in [4.69, 9.17) is 14.2 Å². The summed E-state index contributed by atoms with van der Waals surface area (Å²) in [5, 5.41) is 10.9. The minimum Gasteiger partial charge on any atom is -0.462 e. The Morgan fingerprint density at radius 2 is 1.85 bits per heavy atom. The summed E-state index contributed by atoms with van der Waals surface area (Å²) in [4.78, 5) is 35.5. The van der Waals surface area contributed by atoms with Crippen LogP contribution in [0.5, 0.6) is 0 Å². The van der Waals surface area contributed by atoms with Crippen molar-refractivity contribution in [1.29, 1.82) is 0 Å². The number of carbonyl (C=O) groups is 3. The summed E-state index contributed by atoms with van der Waals surface area (Å²) in [5.41, 5.74) is -0.625. The molecule has 1 heterocycles. The third-order valence-corrected chi connectivity index (χ3v) is 6.38. The second-order valence-electron chi connectivity index (χ2n) is 8.03. The van der Waals surface area contributed by atoms with Crippen molar-refractivity contribution in [1.82, 2.24) is 0 Å². The maximum Gasteiger partial charge on any atom is 0.334 e. The second-order valence-corrected chi connectivity index (χ2v) is 8.03. The van der Waals surface area contributed by atoms with E-state index in [1.54, 1.807) is 0 Å². The van der Waals surface area contributed by atoms with Crippen LogP contribution in [-0.2, 0) is 28.6 Å². The molecule has 8 atom stereocenters. The van der Waals surface area contributed by atoms with Gasteiger partial charge in [0.2, 0.25) is 0 Å². The highest BCUT2D eigenvalue weighted by Gasteiger charge is 2.66. The molecule has 0 bridgehead atoms. The van der Waals surface area contributed by atoms with Crippen LogP contribution in [0.2, 0.25) is 0 Å². The monoisotopic (exact) mass is 366 g/mol. The predicted octanol–water partition coefficient (Wildman–Crippen LogP) is 1.37. The molecule has 2 saturated carbocycles. The summed E-state index contributed by atoms with van der Waals surface area (Å²) in [6.07, 6.45) is -1.80. The number of aliphatic hydroxyl groups is 1. The lowest BCUT2D eigenvalue weighted by molar-refractivity contribution is -0.170. The molecule has 3 rings (SSSR count). The van der Waals surface area contributed by atoms with E-state index in [1.165, 1.54) is 13.8 Å². The summed E-state index contributed by atoms with van der Waals surface area (Å²) < 4.78 is 16.6.